The van der Waals surface area contributed by atoms with Gasteiger partial charge in [0.1, 0.15) is 97.1 Å². The fourth-order valence-corrected chi connectivity index (χ4v) is 11.8. The van der Waals surface area contributed by atoms with Gasteiger partial charge in [-0.2, -0.15) is 44.8 Å². The third kappa shape index (κ3) is 15.4. The van der Waals surface area contributed by atoms with Crippen LogP contribution in [0.4, 0.5) is 74.9 Å². The topological polar surface area (TPSA) is 374 Å². The number of anilines is 3. The Morgan fingerprint density at radius 3 is 1.14 bits per heavy atom. The van der Waals surface area contributed by atoms with Crippen LogP contribution in [0.1, 0.15) is 84.2 Å². The highest BCUT2D eigenvalue weighted by atomic mass is 19.4. The van der Waals surface area contributed by atoms with Crippen molar-refractivity contribution in [2.45, 2.75) is 64.2 Å². The zero-order chi connectivity index (χ0) is 77.6. The largest absolute Gasteiger partial charge is 0.506 e. The molecule has 106 heavy (non-hydrogen) atoms. The van der Waals surface area contributed by atoms with E-state index in [9.17, 15) is 107 Å². The fourth-order valence-electron chi connectivity index (χ4n) is 11.8. The number of phenols is 3. The number of alkyl halides is 9. The van der Waals surface area contributed by atoms with Gasteiger partial charge >= 0.3 is 24.6 Å². The Morgan fingerprint density at radius 2 is 0.830 bits per heavy atom. The molecule has 0 saturated carbocycles. The Hall–Kier alpha value is -12.6. The number of benzene rings is 3. The lowest BCUT2D eigenvalue weighted by Crippen LogP contribution is -2.50. The first kappa shape index (κ1) is 76.0. The second-order valence-electron chi connectivity index (χ2n) is 24.6. The van der Waals surface area contributed by atoms with Crippen LogP contribution in [0, 0.1) is 28.8 Å². The van der Waals surface area contributed by atoms with Crippen molar-refractivity contribution in [1.29, 1.82) is 5.26 Å². The maximum absolute atomic E-state index is 14.6. The Bertz CT molecular complexity index is 5230. The van der Waals surface area contributed by atoms with E-state index in [1.807, 2.05) is 0 Å². The van der Waals surface area contributed by atoms with E-state index in [1.165, 1.54) is 19.6 Å². The number of piperidine rings is 1. The molecule has 0 aliphatic carbocycles. The van der Waals surface area contributed by atoms with Gasteiger partial charge in [-0.3, -0.25) is 42.5 Å². The highest BCUT2D eigenvalue weighted by Gasteiger charge is 2.42. The van der Waals surface area contributed by atoms with E-state index in [-0.39, 0.29) is 106 Å². The summed E-state index contributed by atoms with van der Waals surface area (Å²) in [6.07, 6.45) is -12.5. The van der Waals surface area contributed by atoms with Gasteiger partial charge in [0, 0.05) is 65.4 Å². The zero-order valence-electron chi connectivity index (χ0n) is 55.4. The van der Waals surface area contributed by atoms with Gasteiger partial charge in [-0.1, -0.05) is 24.8 Å². The minimum atomic E-state index is -5.17. The molecule has 40 heteroatoms. The lowest BCUT2D eigenvalue weighted by Gasteiger charge is -2.36. The van der Waals surface area contributed by atoms with Gasteiger partial charge in [0.05, 0.1) is 16.2 Å². The minimum Gasteiger partial charge on any atom is -0.506 e. The molecule has 3 aromatic carbocycles. The van der Waals surface area contributed by atoms with E-state index >= 15 is 0 Å². The van der Waals surface area contributed by atoms with Gasteiger partial charge in [0.2, 0.25) is 23.4 Å². The number of aromatic nitrogens is 9. The number of carbonyl (C=O) groups excluding carboxylic acids is 4. The minimum absolute atomic E-state index is 0.00472. The summed E-state index contributed by atoms with van der Waals surface area (Å²) in [7, 11) is 0. The average molecular weight is 1490 g/mol. The number of primary amides is 2. The molecule has 0 bridgehead atoms. The first-order valence-corrected chi connectivity index (χ1v) is 31.5. The van der Waals surface area contributed by atoms with Gasteiger partial charge in [0.25, 0.3) is 28.5 Å². The lowest BCUT2D eigenvalue weighted by molar-refractivity contribution is -0.143. The second-order valence-corrected chi connectivity index (χ2v) is 24.6. The molecule has 3 aliphatic rings. The van der Waals surface area contributed by atoms with E-state index < -0.39 is 162 Å². The summed E-state index contributed by atoms with van der Waals surface area (Å²) in [6, 6.07) is 11.8. The molecule has 556 valence electrons. The molecule has 0 radical (unpaired) electrons. The van der Waals surface area contributed by atoms with Crippen LogP contribution in [0.3, 0.4) is 0 Å². The first-order valence-electron chi connectivity index (χ1n) is 31.5. The number of hydrogen-bond acceptors (Lipinski definition) is 21. The fraction of sp³-hybridized carbons (Fsp3) is 0.303. The van der Waals surface area contributed by atoms with Crippen molar-refractivity contribution in [3.63, 3.8) is 0 Å². The normalized spacial score (nSPS) is 14.5. The summed E-state index contributed by atoms with van der Waals surface area (Å²) < 4.78 is 176. The van der Waals surface area contributed by atoms with Crippen molar-refractivity contribution >= 4 is 74.0 Å². The lowest BCUT2D eigenvalue weighted by atomic mass is 10.1. The molecule has 0 atom stereocenters. The number of amides is 4. The zero-order valence-corrected chi connectivity index (χ0v) is 55.4. The molecule has 28 nitrogen and oxygen atoms in total. The first-order chi connectivity index (χ1) is 49.7. The highest BCUT2D eigenvalue weighted by molar-refractivity contribution is 5.98. The van der Waals surface area contributed by atoms with Crippen molar-refractivity contribution in [2.75, 3.05) is 80.1 Å². The summed E-state index contributed by atoms with van der Waals surface area (Å²) in [4.78, 5) is 119. The number of carbonyl (C=O) groups is 4. The van der Waals surface area contributed by atoms with E-state index in [4.69, 9.17) is 16.2 Å². The quantitative estimate of drug-likeness (QED) is 0.0677. The van der Waals surface area contributed by atoms with E-state index in [0.29, 0.717) is 31.3 Å². The van der Waals surface area contributed by atoms with Crippen LogP contribution in [0.2, 0.25) is 0 Å². The van der Waals surface area contributed by atoms with Crippen molar-refractivity contribution in [1.82, 2.24) is 53.4 Å². The van der Waals surface area contributed by atoms with Crippen LogP contribution in [0.25, 0.3) is 49.8 Å². The predicted molar refractivity (Wildman–Crippen MR) is 352 cm³/mol. The van der Waals surface area contributed by atoms with Crippen molar-refractivity contribution in [2.24, 2.45) is 11.5 Å². The summed E-state index contributed by atoms with van der Waals surface area (Å²) >= 11 is 0. The van der Waals surface area contributed by atoms with Crippen molar-refractivity contribution in [3.05, 3.63) is 169 Å². The number of fused-ring (bicyclic) bond motifs is 3. The molecule has 0 unspecified atom stereocenters. The number of ether oxygens (including phenoxy) is 1. The van der Waals surface area contributed by atoms with Gasteiger partial charge in [-0.15, -0.1) is 0 Å². The third-order valence-electron chi connectivity index (χ3n) is 16.5. The van der Waals surface area contributed by atoms with E-state index in [1.54, 1.807) is 31.7 Å². The van der Waals surface area contributed by atoms with Crippen LogP contribution in [-0.2, 0) is 28.1 Å². The van der Waals surface area contributed by atoms with Crippen LogP contribution in [-0.4, -0.2) is 164 Å². The highest BCUT2D eigenvalue weighted by Crippen LogP contribution is 2.41. The standard InChI is InChI=1S/C24H22F4N6O4.C22H18F4N6O4.C20H17F4N5O3/c1-23(2,3)38-22(37)33-9-7-32(8-10-33)20-13-11-16(24(26,27)28)34(19-14(25)5-4-6-15(19)35)21(36)18(13)30-17(12-29)31-20;1-2-15(34)30-6-8-31(9-7-30)20-11-10-14(22(24,25)26)32(17-12(23)4-3-5-13(17)33)21(36)16(11)28-19(29-20)18(27)35;21-11-5-4-6-12(30)15(11)29-13(20(22,23)24)9-10-14(19(29)32)26-17(16(25)31)27-18(10)28-7-2-1-3-8-28/h4-6,11,35H,7-10H2,1-3H3;2-5,10,33H,1,6-9H2,(H2,27,35);4-6,9,30H,1-3,7-8H2,(H2,25,31). The molecule has 7 N–H and O–H groups in total. The number of aromatic hydroxyl groups is 3. The number of nitrogens with two attached hydrogens (primary N) is 2. The van der Waals surface area contributed by atoms with Gasteiger partial charge in [-0.05, 0) is 101 Å². The Labute approximate surface area is 587 Å². The summed E-state index contributed by atoms with van der Waals surface area (Å²) in [5, 5.41) is 38.8. The number of phenolic OH excluding ortho intramolecular Hbond substituents is 3. The number of hydrogen-bond donors (Lipinski definition) is 5. The number of nitrogens with zero attached hydrogens (tertiary/aromatic N) is 15. The number of halogens is 12. The van der Waals surface area contributed by atoms with Gasteiger partial charge < -0.3 is 56.0 Å². The maximum Gasteiger partial charge on any atom is 0.431 e. The van der Waals surface area contributed by atoms with E-state index in [2.05, 4.69) is 36.5 Å². The predicted octanol–water partition coefficient (Wildman–Crippen LogP) is 7.88. The van der Waals surface area contributed by atoms with Crippen LogP contribution < -0.4 is 42.8 Å². The summed E-state index contributed by atoms with van der Waals surface area (Å²) in [5.41, 5.74) is -3.86. The Balaban J connectivity index is 0.000000171. The number of para-hydroxylation sites is 3. The smallest absolute Gasteiger partial charge is 0.431 e. The number of nitriles is 1. The van der Waals surface area contributed by atoms with Crippen molar-refractivity contribution < 1.29 is 91.9 Å². The number of piperazine rings is 2. The molecule has 0 spiro atoms. The molecular weight excluding hydrogens is 1430 g/mol. The summed E-state index contributed by atoms with van der Waals surface area (Å²) in [5.74, 6) is -11.1. The van der Waals surface area contributed by atoms with Crippen LogP contribution >= 0.6 is 0 Å². The molecule has 9 heterocycles. The average Bonchev–Trinajstić information content (AvgIpc) is 0.747. The summed E-state index contributed by atoms with van der Waals surface area (Å²) in [6.45, 7) is 10.4. The second kappa shape index (κ2) is 29.3. The van der Waals surface area contributed by atoms with Crippen LogP contribution in [0.15, 0.2) is 99.8 Å². The van der Waals surface area contributed by atoms with Gasteiger partial charge in [-0.25, -0.2) is 47.9 Å². The monoisotopic (exact) mass is 1490 g/mol. The van der Waals surface area contributed by atoms with E-state index in [0.717, 1.165) is 79.9 Å². The maximum atomic E-state index is 14.6. The SMILES string of the molecule is C=CC(=O)N1CCN(c2nc(C(N)=O)nc3c(=O)n(-c4c(O)cccc4F)c(C(F)(F)F)cc23)CC1.CC(C)(C)OC(=O)N1CCN(c2nc(C#N)nc3c(=O)n(-c4c(O)cccc4F)c(C(F)(F)F)cc23)CC1.NC(=O)c1nc(N2CCCCC2)c2cc(C(F)(F)F)n(-c3c(O)cccc3F)c(=O)c2n1. The molecule has 3 saturated heterocycles. The number of rotatable bonds is 9. The molecule has 6 aromatic heterocycles. The molecule has 3 fully saturated rings. The molecular formula is C66H57F12N17O11. The molecule has 3 aliphatic heterocycles. The van der Waals surface area contributed by atoms with Crippen molar-refractivity contribution in [3.8, 4) is 40.4 Å². The molecule has 12 rings (SSSR count). The van der Waals surface area contributed by atoms with Gasteiger partial charge in [0.15, 0.2) is 17.5 Å². The Morgan fingerprint density at radius 1 is 0.500 bits per heavy atom. The number of pyridine rings is 3. The molecule has 9 aromatic rings. The molecule has 4 amide bonds. The Kier molecular flexibility index (Phi) is 21.0. The third-order valence-corrected chi connectivity index (χ3v) is 16.5. The van der Waals surface area contributed by atoms with Crippen LogP contribution in [0.5, 0.6) is 17.2 Å².